The van der Waals surface area contributed by atoms with Gasteiger partial charge in [0.2, 0.25) is 4.77 Å². The molecule has 10 heteroatoms. The van der Waals surface area contributed by atoms with Gasteiger partial charge in [-0.05, 0) is 42.9 Å². The molecule has 1 aromatic carbocycles. The van der Waals surface area contributed by atoms with Crippen molar-refractivity contribution in [2.45, 2.75) is 19.8 Å². The summed E-state index contributed by atoms with van der Waals surface area (Å²) in [6.45, 7) is 2.03. The zero-order valence-electron chi connectivity index (χ0n) is 14.7. The van der Waals surface area contributed by atoms with E-state index in [1.807, 2.05) is 6.92 Å². The van der Waals surface area contributed by atoms with Crippen molar-refractivity contribution in [2.75, 3.05) is 7.11 Å². The lowest BCUT2D eigenvalue weighted by Crippen LogP contribution is -1.98. The van der Waals surface area contributed by atoms with Gasteiger partial charge in [-0.2, -0.15) is 14.9 Å². The second-order valence-electron chi connectivity index (χ2n) is 5.59. The van der Waals surface area contributed by atoms with Crippen LogP contribution in [-0.4, -0.2) is 33.1 Å². The minimum Gasteiger partial charge on any atom is -0.497 e. The summed E-state index contributed by atoms with van der Waals surface area (Å²) in [5, 5.41) is 22.5. The SMILES string of the molecule is CCCc1n[nH]c(=S)n1/N=C/c1ccc(-c2ccc(OC)cc2[N+](=O)[O-])o1. The van der Waals surface area contributed by atoms with E-state index in [0.717, 1.165) is 18.7 Å². The first-order valence-electron chi connectivity index (χ1n) is 8.16. The Balaban J connectivity index is 1.91. The fourth-order valence-corrected chi connectivity index (χ4v) is 2.71. The van der Waals surface area contributed by atoms with Crippen LogP contribution in [-0.2, 0) is 6.42 Å². The standard InChI is InChI=1S/C17H17N5O4S/c1-3-4-16-19-20-17(27)21(16)18-10-12-6-8-15(26-12)13-7-5-11(25-2)9-14(13)22(23)24/h5-10H,3-4H2,1-2H3,(H,20,27)/b18-10+. The number of benzene rings is 1. The van der Waals surface area contributed by atoms with Crippen LogP contribution in [0.2, 0.25) is 0 Å². The number of nitrogens with zero attached hydrogens (tertiary/aromatic N) is 4. The molecule has 27 heavy (non-hydrogen) atoms. The van der Waals surface area contributed by atoms with E-state index in [4.69, 9.17) is 21.4 Å². The third kappa shape index (κ3) is 3.95. The van der Waals surface area contributed by atoms with Crippen LogP contribution in [0.25, 0.3) is 11.3 Å². The maximum absolute atomic E-state index is 11.3. The third-order valence-electron chi connectivity index (χ3n) is 3.79. The molecule has 0 amide bonds. The van der Waals surface area contributed by atoms with E-state index in [1.165, 1.54) is 24.1 Å². The molecule has 0 saturated carbocycles. The smallest absolute Gasteiger partial charge is 0.284 e. The van der Waals surface area contributed by atoms with E-state index in [-0.39, 0.29) is 5.69 Å². The molecular formula is C17H17N5O4S. The number of aromatic nitrogens is 3. The number of aryl methyl sites for hydroxylation is 1. The lowest BCUT2D eigenvalue weighted by atomic mass is 10.1. The van der Waals surface area contributed by atoms with Gasteiger partial charge in [0, 0.05) is 6.42 Å². The molecule has 0 radical (unpaired) electrons. The summed E-state index contributed by atoms with van der Waals surface area (Å²) in [7, 11) is 1.45. The number of nitro benzene ring substituents is 1. The molecular weight excluding hydrogens is 370 g/mol. The number of H-pyrrole nitrogens is 1. The number of nitrogens with one attached hydrogen (secondary N) is 1. The lowest BCUT2D eigenvalue weighted by Gasteiger charge is -2.03. The normalized spacial score (nSPS) is 11.2. The van der Waals surface area contributed by atoms with Gasteiger partial charge in [-0.25, -0.2) is 0 Å². The summed E-state index contributed by atoms with van der Waals surface area (Å²) in [6.07, 6.45) is 3.12. The van der Waals surface area contributed by atoms with E-state index in [9.17, 15) is 10.1 Å². The van der Waals surface area contributed by atoms with E-state index in [0.29, 0.717) is 27.6 Å². The number of rotatable bonds is 7. The quantitative estimate of drug-likeness (QED) is 0.284. The number of aromatic amines is 1. The van der Waals surface area contributed by atoms with E-state index >= 15 is 0 Å². The molecule has 0 aliphatic rings. The van der Waals surface area contributed by atoms with E-state index < -0.39 is 4.92 Å². The van der Waals surface area contributed by atoms with Crippen molar-refractivity contribution < 1.29 is 14.1 Å². The van der Waals surface area contributed by atoms with E-state index in [2.05, 4.69) is 15.3 Å². The van der Waals surface area contributed by atoms with Crippen molar-refractivity contribution >= 4 is 24.1 Å². The fraction of sp³-hybridized carbons (Fsp3) is 0.235. The van der Waals surface area contributed by atoms with Crippen molar-refractivity contribution in [1.82, 2.24) is 14.9 Å². The first-order chi connectivity index (χ1) is 13.0. The van der Waals surface area contributed by atoms with Gasteiger partial charge >= 0.3 is 0 Å². The topological polar surface area (TPSA) is 111 Å². The molecule has 140 valence electrons. The Hall–Kier alpha value is -3.27. The van der Waals surface area contributed by atoms with Crippen molar-refractivity contribution in [3.8, 4) is 17.1 Å². The largest absolute Gasteiger partial charge is 0.497 e. The molecule has 2 heterocycles. The minimum absolute atomic E-state index is 0.102. The number of hydrogen-bond acceptors (Lipinski definition) is 7. The predicted molar refractivity (Wildman–Crippen MR) is 102 cm³/mol. The number of ether oxygens (including phenoxy) is 1. The highest BCUT2D eigenvalue weighted by atomic mass is 32.1. The zero-order valence-corrected chi connectivity index (χ0v) is 15.5. The van der Waals surface area contributed by atoms with Crippen LogP contribution in [0.4, 0.5) is 5.69 Å². The second-order valence-corrected chi connectivity index (χ2v) is 5.98. The highest BCUT2D eigenvalue weighted by Crippen LogP contribution is 2.33. The molecule has 0 aliphatic carbocycles. The Labute approximate surface area is 159 Å². The molecule has 1 N–H and O–H groups in total. The monoisotopic (exact) mass is 387 g/mol. The summed E-state index contributed by atoms with van der Waals surface area (Å²) in [5.74, 6) is 1.91. The molecule has 3 rings (SSSR count). The molecule has 2 aromatic heterocycles. The average Bonchev–Trinajstić information content (AvgIpc) is 3.27. The molecule has 0 unspecified atom stereocenters. The maximum Gasteiger partial charge on any atom is 0.284 e. The fourth-order valence-electron chi connectivity index (χ4n) is 2.51. The second kappa shape index (κ2) is 7.96. The summed E-state index contributed by atoms with van der Waals surface area (Å²) < 4.78 is 12.7. The maximum atomic E-state index is 11.3. The Morgan fingerprint density at radius 3 is 2.96 bits per heavy atom. The van der Waals surface area contributed by atoms with Gasteiger partial charge in [0.05, 0.1) is 29.9 Å². The van der Waals surface area contributed by atoms with Crippen molar-refractivity contribution in [3.05, 3.63) is 56.8 Å². The van der Waals surface area contributed by atoms with Gasteiger partial charge in [0.1, 0.15) is 17.3 Å². The molecule has 0 saturated heterocycles. The molecule has 0 spiro atoms. The van der Waals surface area contributed by atoms with Crippen LogP contribution in [0.5, 0.6) is 5.75 Å². The zero-order chi connectivity index (χ0) is 19.4. The van der Waals surface area contributed by atoms with Crippen LogP contribution < -0.4 is 4.74 Å². The van der Waals surface area contributed by atoms with Gasteiger partial charge in [-0.3, -0.25) is 15.2 Å². The van der Waals surface area contributed by atoms with Crippen molar-refractivity contribution in [2.24, 2.45) is 5.10 Å². The summed E-state index contributed by atoms with van der Waals surface area (Å²) in [4.78, 5) is 10.9. The van der Waals surface area contributed by atoms with Gasteiger partial charge < -0.3 is 9.15 Å². The van der Waals surface area contributed by atoms with Gasteiger partial charge in [-0.15, -0.1) is 0 Å². The average molecular weight is 387 g/mol. The molecule has 3 aromatic rings. The number of nitro groups is 1. The number of furan rings is 1. The highest BCUT2D eigenvalue weighted by Gasteiger charge is 2.19. The molecule has 0 aliphatic heterocycles. The van der Waals surface area contributed by atoms with Gasteiger partial charge in [0.15, 0.2) is 5.82 Å². The lowest BCUT2D eigenvalue weighted by molar-refractivity contribution is -0.384. The predicted octanol–water partition coefficient (Wildman–Crippen LogP) is 3.95. The molecule has 0 fully saturated rings. The highest BCUT2D eigenvalue weighted by molar-refractivity contribution is 7.71. The molecule has 0 atom stereocenters. The van der Waals surface area contributed by atoms with Crippen LogP contribution in [0.15, 0.2) is 39.9 Å². The van der Waals surface area contributed by atoms with Gasteiger partial charge in [-0.1, -0.05) is 6.92 Å². The van der Waals surface area contributed by atoms with Crippen LogP contribution in [0, 0.1) is 14.9 Å². The van der Waals surface area contributed by atoms with Crippen molar-refractivity contribution in [3.63, 3.8) is 0 Å². The van der Waals surface area contributed by atoms with Crippen LogP contribution in [0.3, 0.4) is 0 Å². The number of methoxy groups -OCH3 is 1. The number of hydrogen-bond donors (Lipinski definition) is 1. The Kier molecular flexibility index (Phi) is 5.46. The summed E-state index contributed by atoms with van der Waals surface area (Å²) in [5.41, 5.74) is 0.251. The van der Waals surface area contributed by atoms with Gasteiger partial charge in [0.25, 0.3) is 5.69 Å². The van der Waals surface area contributed by atoms with E-state index in [1.54, 1.807) is 24.3 Å². The molecule has 9 nitrogen and oxygen atoms in total. The third-order valence-corrected chi connectivity index (χ3v) is 4.05. The first kappa shape index (κ1) is 18.5. The summed E-state index contributed by atoms with van der Waals surface area (Å²) >= 11 is 5.17. The molecule has 0 bridgehead atoms. The van der Waals surface area contributed by atoms with Crippen LogP contribution in [0.1, 0.15) is 24.9 Å². The Morgan fingerprint density at radius 2 is 2.26 bits per heavy atom. The van der Waals surface area contributed by atoms with Crippen LogP contribution >= 0.6 is 12.2 Å². The summed E-state index contributed by atoms with van der Waals surface area (Å²) in [6, 6.07) is 7.91. The Bertz CT molecular complexity index is 1050. The van der Waals surface area contributed by atoms with Crippen molar-refractivity contribution in [1.29, 1.82) is 0 Å². The Morgan fingerprint density at radius 1 is 1.44 bits per heavy atom. The minimum atomic E-state index is -0.476. The first-order valence-corrected chi connectivity index (χ1v) is 8.57.